The van der Waals surface area contributed by atoms with Gasteiger partial charge in [0.15, 0.2) is 5.78 Å². The van der Waals surface area contributed by atoms with E-state index in [1.807, 2.05) is 0 Å². The molecule has 0 aliphatic heterocycles. The lowest BCUT2D eigenvalue weighted by molar-refractivity contribution is 0.0916. The second-order valence-corrected chi connectivity index (χ2v) is 6.61. The Labute approximate surface area is 101 Å². The van der Waals surface area contributed by atoms with E-state index in [0.29, 0.717) is 18.1 Å². The molecule has 0 amide bonds. The summed E-state index contributed by atoms with van der Waals surface area (Å²) < 4.78 is 0. The Morgan fingerprint density at radius 3 is 2.75 bits per heavy atom. The Bertz CT molecular complexity index is 420. The van der Waals surface area contributed by atoms with Crippen LogP contribution in [0.4, 0.5) is 0 Å². The first-order valence-electron chi connectivity index (χ1n) is 5.96. The van der Waals surface area contributed by atoms with Crippen molar-refractivity contribution in [1.29, 1.82) is 0 Å². The van der Waals surface area contributed by atoms with Crippen molar-refractivity contribution in [3.05, 3.63) is 15.6 Å². The fraction of sp³-hybridized carbons (Fsp3) is 0.692. The molecule has 0 N–H and O–H groups in total. The molecule has 1 aromatic heterocycles. The SMILES string of the molecule is CCC(C)c1nc2c(s1)C(=O)CC(C)(C)C2. The number of ketones is 1. The molecule has 1 aromatic rings. The second kappa shape index (κ2) is 3.95. The Morgan fingerprint density at radius 2 is 2.12 bits per heavy atom. The van der Waals surface area contributed by atoms with Gasteiger partial charge in [0, 0.05) is 12.3 Å². The van der Waals surface area contributed by atoms with E-state index in [9.17, 15) is 4.79 Å². The summed E-state index contributed by atoms with van der Waals surface area (Å²) >= 11 is 1.62. The van der Waals surface area contributed by atoms with Crippen LogP contribution in [-0.4, -0.2) is 10.8 Å². The molecular formula is C13H19NOS. The number of hydrogen-bond donors (Lipinski definition) is 0. The van der Waals surface area contributed by atoms with Gasteiger partial charge in [0.05, 0.1) is 15.6 Å². The van der Waals surface area contributed by atoms with Crippen LogP contribution in [0.5, 0.6) is 0 Å². The molecule has 88 valence electrons. The normalized spacial score (nSPS) is 20.6. The first kappa shape index (κ1) is 11.8. The van der Waals surface area contributed by atoms with Crippen LogP contribution < -0.4 is 0 Å². The van der Waals surface area contributed by atoms with E-state index in [2.05, 4.69) is 32.7 Å². The van der Waals surface area contributed by atoms with Crippen LogP contribution in [0.15, 0.2) is 0 Å². The molecule has 0 bridgehead atoms. The summed E-state index contributed by atoms with van der Waals surface area (Å²) in [6.07, 6.45) is 2.70. The molecular weight excluding hydrogens is 218 g/mol. The molecule has 1 atom stereocenters. The maximum Gasteiger partial charge on any atom is 0.175 e. The Morgan fingerprint density at radius 1 is 1.44 bits per heavy atom. The summed E-state index contributed by atoms with van der Waals surface area (Å²) in [7, 11) is 0. The predicted octanol–water partition coefficient (Wildman–Crippen LogP) is 3.81. The number of Topliss-reactive ketones (excluding diaryl/α,β-unsaturated/α-hetero) is 1. The van der Waals surface area contributed by atoms with Crippen molar-refractivity contribution >= 4 is 17.1 Å². The second-order valence-electron chi connectivity index (χ2n) is 5.58. The molecule has 2 nitrogen and oxygen atoms in total. The highest BCUT2D eigenvalue weighted by atomic mass is 32.1. The Hall–Kier alpha value is -0.700. The topological polar surface area (TPSA) is 30.0 Å². The molecule has 1 heterocycles. The van der Waals surface area contributed by atoms with Gasteiger partial charge in [-0.3, -0.25) is 4.79 Å². The first-order valence-corrected chi connectivity index (χ1v) is 6.77. The third-order valence-electron chi connectivity index (χ3n) is 3.29. The van der Waals surface area contributed by atoms with Crippen LogP contribution in [0.2, 0.25) is 0 Å². The lowest BCUT2D eigenvalue weighted by Gasteiger charge is -2.26. The average molecular weight is 237 g/mol. The summed E-state index contributed by atoms with van der Waals surface area (Å²) in [4.78, 5) is 17.6. The van der Waals surface area contributed by atoms with Gasteiger partial charge in [-0.05, 0) is 18.3 Å². The smallest absolute Gasteiger partial charge is 0.175 e. The van der Waals surface area contributed by atoms with Crippen LogP contribution in [-0.2, 0) is 6.42 Å². The minimum atomic E-state index is 0.0882. The van der Waals surface area contributed by atoms with Crippen LogP contribution >= 0.6 is 11.3 Å². The van der Waals surface area contributed by atoms with Crippen molar-refractivity contribution in [2.24, 2.45) is 5.41 Å². The Balaban J connectivity index is 2.37. The quantitative estimate of drug-likeness (QED) is 0.783. The highest BCUT2D eigenvalue weighted by molar-refractivity contribution is 7.14. The molecule has 2 rings (SSSR count). The van der Waals surface area contributed by atoms with E-state index in [-0.39, 0.29) is 5.41 Å². The van der Waals surface area contributed by atoms with Gasteiger partial charge in [0.1, 0.15) is 0 Å². The third-order valence-corrected chi connectivity index (χ3v) is 4.66. The molecule has 1 aliphatic carbocycles. The zero-order valence-electron chi connectivity index (χ0n) is 10.5. The van der Waals surface area contributed by atoms with Crippen LogP contribution in [0.3, 0.4) is 0 Å². The van der Waals surface area contributed by atoms with Crippen molar-refractivity contribution < 1.29 is 4.79 Å². The number of carbonyl (C=O) groups excluding carboxylic acids is 1. The number of carbonyl (C=O) groups is 1. The zero-order chi connectivity index (χ0) is 11.9. The highest BCUT2D eigenvalue weighted by Gasteiger charge is 2.34. The largest absolute Gasteiger partial charge is 0.293 e. The molecule has 0 saturated carbocycles. The van der Waals surface area contributed by atoms with Gasteiger partial charge < -0.3 is 0 Å². The molecule has 1 aliphatic rings. The van der Waals surface area contributed by atoms with Crippen LogP contribution in [0, 0.1) is 5.41 Å². The van der Waals surface area contributed by atoms with Gasteiger partial charge in [-0.1, -0.05) is 27.7 Å². The number of hydrogen-bond acceptors (Lipinski definition) is 3. The minimum absolute atomic E-state index is 0.0882. The molecule has 0 saturated heterocycles. The molecule has 0 fully saturated rings. The summed E-state index contributed by atoms with van der Waals surface area (Å²) in [5.74, 6) is 0.768. The number of nitrogens with zero attached hydrogens (tertiary/aromatic N) is 1. The maximum absolute atomic E-state index is 12.0. The summed E-state index contributed by atoms with van der Waals surface area (Å²) in [5.41, 5.74) is 1.13. The first-order chi connectivity index (χ1) is 7.43. The van der Waals surface area contributed by atoms with Crippen molar-refractivity contribution in [2.45, 2.75) is 52.9 Å². The molecule has 0 aromatic carbocycles. The van der Waals surface area contributed by atoms with Gasteiger partial charge in [0.2, 0.25) is 0 Å². The van der Waals surface area contributed by atoms with E-state index in [4.69, 9.17) is 0 Å². The minimum Gasteiger partial charge on any atom is -0.293 e. The lowest BCUT2D eigenvalue weighted by atomic mass is 9.78. The third kappa shape index (κ3) is 2.05. The number of rotatable bonds is 2. The fourth-order valence-corrected chi connectivity index (χ4v) is 3.28. The van der Waals surface area contributed by atoms with Crippen molar-refractivity contribution in [1.82, 2.24) is 4.98 Å². The summed E-state index contributed by atoms with van der Waals surface area (Å²) in [6.45, 7) is 8.64. The monoisotopic (exact) mass is 237 g/mol. The van der Waals surface area contributed by atoms with Gasteiger partial charge >= 0.3 is 0 Å². The van der Waals surface area contributed by atoms with E-state index >= 15 is 0 Å². The maximum atomic E-state index is 12.0. The number of aromatic nitrogens is 1. The van der Waals surface area contributed by atoms with Crippen molar-refractivity contribution in [3.63, 3.8) is 0 Å². The van der Waals surface area contributed by atoms with E-state index in [0.717, 1.165) is 28.4 Å². The summed E-state index contributed by atoms with van der Waals surface area (Å²) in [6, 6.07) is 0. The van der Waals surface area contributed by atoms with Crippen molar-refractivity contribution in [2.75, 3.05) is 0 Å². The molecule has 0 radical (unpaired) electrons. The summed E-state index contributed by atoms with van der Waals surface area (Å²) in [5, 5.41) is 1.14. The molecule has 1 unspecified atom stereocenters. The molecule has 3 heteroatoms. The van der Waals surface area contributed by atoms with Gasteiger partial charge in [0.25, 0.3) is 0 Å². The highest BCUT2D eigenvalue weighted by Crippen LogP contribution is 2.38. The van der Waals surface area contributed by atoms with Crippen molar-refractivity contribution in [3.8, 4) is 0 Å². The average Bonchev–Trinajstić information content (AvgIpc) is 2.58. The number of thiazole rings is 1. The molecule has 16 heavy (non-hydrogen) atoms. The lowest BCUT2D eigenvalue weighted by Crippen LogP contribution is -2.26. The standard InChI is InChI=1S/C13H19NOS/c1-5-8(2)12-14-9-6-13(3,4)7-10(15)11(9)16-12/h8H,5-7H2,1-4H3. The van der Waals surface area contributed by atoms with E-state index in [1.165, 1.54) is 0 Å². The Kier molecular flexibility index (Phi) is 2.91. The van der Waals surface area contributed by atoms with E-state index in [1.54, 1.807) is 11.3 Å². The van der Waals surface area contributed by atoms with Gasteiger partial charge in [-0.25, -0.2) is 4.98 Å². The number of fused-ring (bicyclic) bond motifs is 1. The fourth-order valence-electron chi connectivity index (χ4n) is 2.12. The van der Waals surface area contributed by atoms with Gasteiger partial charge in [-0.2, -0.15) is 0 Å². The predicted molar refractivity (Wildman–Crippen MR) is 67.3 cm³/mol. The molecule has 0 spiro atoms. The van der Waals surface area contributed by atoms with Gasteiger partial charge in [-0.15, -0.1) is 11.3 Å². The zero-order valence-corrected chi connectivity index (χ0v) is 11.3. The van der Waals surface area contributed by atoms with E-state index < -0.39 is 0 Å². The van der Waals surface area contributed by atoms with Crippen LogP contribution in [0.1, 0.15) is 66.8 Å². The van der Waals surface area contributed by atoms with Crippen LogP contribution in [0.25, 0.3) is 0 Å².